The topological polar surface area (TPSA) is 63.9 Å². The average molecular weight is 437 g/mol. The van der Waals surface area contributed by atoms with Gasteiger partial charge in [-0.3, -0.25) is 4.90 Å². The normalized spacial score (nSPS) is 16.3. The minimum Gasteiger partial charge on any atom is -0.490 e. The second-order valence-corrected chi connectivity index (χ2v) is 10.0. The summed E-state index contributed by atoms with van der Waals surface area (Å²) in [5, 5.41) is 1.35. The van der Waals surface area contributed by atoms with E-state index in [2.05, 4.69) is 16.8 Å². The molecule has 29 heavy (non-hydrogen) atoms. The van der Waals surface area contributed by atoms with Crippen molar-refractivity contribution in [1.82, 2.24) is 14.8 Å². The van der Waals surface area contributed by atoms with E-state index in [4.69, 9.17) is 32.4 Å². The molecular formula is C21H32N4O2S2. The predicted octanol–water partition coefficient (Wildman–Crippen LogP) is 3.61. The van der Waals surface area contributed by atoms with Crippen LogP contribution in [0.15, 0.2) is 0 Å². The third-order valence-corrected chi connectivity index (χ3v) is 6.59. The quantitative estimate of drug-likeness (QED) is 0.718. The number of hydrogen-bond acceptors (Lipinski definition) is 8. The van der Waals surface area contributed by atoms with Gasteiger partial charge in [-0.15, -0.1) is 11.3 Å². The fraction of sp³-hybridized carbons (Fsp3) is 0.619. The van der Waals surface area contributed by atoms with Gasteiger partial charge in [0.05, 0.1) is 11.4 Å². The first-order chi connectivity index (χ1) is 13.6. The smallest absolute Gasteiger partial charge is 0.204 e. The number of likely N-dealkylation sites (N-methyl/N-ethyl adjacent to an activating group) is 1. The molecular weight excluding hydrogens is 404 g/mol. The Bertz CT molecular complexity index is 896. The molecule has 6 nitrogen and oxygen atoms in total. The molecule has 3 rings (SSSR count). The Morgan fingerprint density at radius 3 is 2.48 bits per heavy atom. The van der Waals surface area contributed by atoms with Crippen molar-refractivity contribution in [3.8, 4) is 5.75 Å². The molecule has 0 atom stereocenters. The Morgan fingerprint density at radius 1 is 1.21 bits per heavy atom. The Labute approximate surface area is 183 Å². The van der Waals surface area contributed by atoms with E-state index in [1.165, 1.54) is 11.3 Å². The van der Waals surface area contributed by atoms with Crippen LogP contribution in [0, 0.1) is 13.8 Å². The van der Waals surface area contributed by atoms with E-state index < -0.39 is 0 Å². The molecule has 1 aliphatic rings. The van der Waals surface area contributed by atoms with Crippen LogP contribution in [0.25, 0.3) is 10.2 Å². The first-order valence-electron chi connectivity index (χ1n) is 10.0. The standard InChI is InChI=1S/C21H32N4O2S2/c1-13-15-16(22)18(20(28)27-21(3,4)5)29-19(15)23-14(2)17(13)26-12-11-25-9-7-24(6)8-10-25/h7-12,22H2,1-6H3. The zero-order chi connectivity index (χ0) is 21.3. The molecule has 1 fully saturated rings. The van der Waals surface area contributed by atoms with E-state index >= 15 is 0 Å². The van der Waals surface area contributed by atoms with Crippen LogP contribution in [0.4, 0.5) is 5.69 Å². The maximum atomic E-state index is 6.47. The van der Waals surface area contributed by atoms with Crippen molar-refractivity contribution in [2.45, 2.75) is 40.2 Å². The number of piperazine rings is 1. The van der Waals surface area contributed by atoms with Gasteiger partial charge >= 0.3 is 0 Å². The summed E-state index contributed by atoms with van der Waals surface area (Å²) in [6.45, 7) is 15.9. The molecule has 2 aromatic heterocycles. The van der Waals surface area contributed by atoms with E-state index in [0.717, 1.165) is 64.8 Å². The predicted molar refractivity (Wildman–Crippen MR) is 125 cm³/mol. The molecule has 0 aliphatic carbocycles. The van der Waals surface area contributed by atoms with E-state index in [0.29, 0.717) is 17.3 Å². The molecule has 0 bridgehead atoms. The van der Waals surface area contributed by atoms with Crippen LogP contribution >= 0.6 is 23.6 Å². The van der Waals surface area contributed by atoms with Gasteiger partial charge in [0.2, 0.25) is 5.05 Å². The van der Waals surface area contributed by atoms with Crippen LogP contribution in [-0.4, -0.2) is 71.8 Å². The maximum Gasteiger partial charge on any atom is 0.204 e. The highest BCUT2D eigenvalue weighted by atomic mass is 32.1. The monoisotopic (exact) mass is 436 g/mol. The van der Waals surface area contributed by atoms with E-state index in [-0.39, 0.29) is 5.60 Å². The lowest BCUT2D eigenvalue weighted by molar-refractivity contribution is 0.123. The lowest BCUT2D eigenvalue weighted by Crippen LogP contribution is -2.45. The summed E-state index contributed by atoms with van der Waals surface area (Å²) in [7, 11) is 2.17. The van der Waals surface area contributed by atoms with Crippen molar-refractivity contribution < 1.29 is 9.47 Å². The molecule has 0 radical (unpaired) electrons. The number of aryl methyl sites for hydroxylation is 2. The number of fused-ring (bicyclic) bond motifs is 1. The zero-order valence-electron chi connectivity index (χ0n) is 18.3. The third kappa shape index (κ3) is 5.17. The summed E-state index contributed by atoms with van der Waals surface area (Å²) in [6, 6.07) is 0. The fourth-order valence-corrected chi connectivity index (χ4v) is 5.06. The minimum atomic E-state index is -0.365. The molecule has 8 heteroatoms. The second kappa shape index (κ2) is 8.71. The first-order valence-corrected chi connectivity index (χ1v) is 11.3. The number of nitrogen functional groups attached to an aromatic ring is 1. The van der Waals surface area contributed by atoms with E-state index in [9.17, 15) is 0 Å². The van der Waals surface area contributed by atoms with Gasteiger partial charge in [-0.2, -0.15) is 0 Å². The van der Waals surface area contributed by atoms with Crippen molar-refractivity contribution in [2.75, 3.05) is 52.1 Å². The maximum absolute atomic E-state index is 6.47. The van der Waals surface area contributed by atoms with Crippen LogP contribution in [0.1, 0.15) is 36.9 Å². The molecule has 1 saturated heterocycles. The van der Waals surface area contributed by atoms with E-state index in [1.807, 2.05) is 34.6 Å². The molecule has 160 valence electrons. The number of aromatic nitrogens is 1. The van der Waals surface area contributed by atoms with Crippen LogP contribution in [-0.2, 0) is 4.74 Å². The van der Waals surface area contributed by atoms with Crippen molar-refractivity contribution in [2.24, 2.45) is 0 Å². The van der Waals surface area contributed by atoms with Crippen LogP contribution < -0.4 is 10.5 Å². The Hall–Kier alpha value is -1.48. The SMILES string of the molecule is Cc1nc2sc(C(=S)OC(C)(C)C)c(N)c2c(C)c1OCCN1CCN(C)CC1. The lowest BCUT2D eigenvalue weighted by atomic mass is 10.1. The Morgan fingerprint density at radius 2 is 1.86 bits per heavy atom. The number of rotatable bonds is 5. The molecule has 0 saturated carbocycles. The number of pyridine rings is 1. The van der Waals surface area contributed by atoms with Gasteiger partial charge in [0.15, 0.2) is 0 Å². The Kier molecular flexibility index (Phi) is 6.67. The van der Waals surface area contributed by atoms with Gasteiger partial charge in [-0.05, 0) is 53.9 Å². The molecule has 0 unspecified atom stereocenters. The van der Waals surface area contributed by atoms with Crippen LogP contribution in [0.3, 0.4) is 0 Å². The van der Waals surface area contributed by atoms with Gasteiger partial charge in [-0.25, -0.2) is 4.98 Å². The van der Waals surface area contributed by atoms with Crippen LogP contribution in [0.2, 0.25) is 0 Å². The number of nitrogens with zero attached hydrogens (tertiary/aromatic N) is 3. The number of anilines is 1. The van der Waals surface area contributed by atoms with Gasteiger partial charge in [-0.1, -0.05) is 0 Å². The Balaban J connectivity index is 1.78. The van der Waals surface area contributed by atoms with Crippen molar-refractivity contribution in [3.05, 3.63) is 16.1 Å². The second-order valence-electron chi connectivity index (χ2n) is 8.67. The summed E-state index contributed by atoms with van der Waals surface area (Å²) in [5.41, 5.74) is 8.64. The van der Waals surface area contributed by atoms with Gasteiger partial charge in [0.25, 0.3) is 0 Å². The summed E-state index contributed by atoms with van der Waals surface area (Å²) >= 11 is 6.98. The molecule has 2 aromatic rings. The summed E-state index contributed by atoms with van der Waals surface area (Å²) in [6.07, 6.45) is 0. The zero-order valence-corrected chi connectivity index (χ0v) is 19.9. The lowest BCUT2D eigenvalue weighted by Gasteiger charge is -2.32. The summed E-state index contributed by atoms with van der Waals surface area (Å²) < 4.78 is 12.0. The number of hydrogen-bond donors (Lipinski definition) is 1. The van der Waals surface area contributed by atoms with Gasteiger partial charge < -0.3 is 20.1 Å². The number of nitrogens with two attached hydrogens (primary N) is 1. The van der Waals surface area contributed by atoms with Crippen LogP contribution in [0.5, 0.6) is 5.75 Å². The summed E-state index contributed by atoms with van der Waals surface area (Å²) in [5.74, 6) is 0.824. The van der Waals surface area contributed by atoms with Crippen molar-refractivity contribution in [3.63, 3.8) is 0 Å². The summed E-state index contributed by atoms with van der Waals surface area (Å²) in [4.78, 5) is 11.2. The molecule has 1 aliphatic heterocycles. The van der Waals surface area contributed by atoms with E-state index in [1.54, 1.807) is 0 Å². The molecule has 3 heterocycles. The highest BCUT2D eigenvalue weighted by Crippen LogP contribution is 2.40. The van der Waals surface area contributed by atoms with Crippen molar-refractivity contribution in [1.29, 1.82) is 0 Å². The number of thiophene rings is 1. The molecule has 2 N–H and O–H groups in total. The fourth-order valence-electron chi connectivity index (χ4n) is 3.50. The number of ether oxygens (including phenoxy) is 2. The molecule has 0 spiro atoms. The molecule has 0 aromatic carbocycles. The van der Waals surface area contributed by atoms with Gasteiger partial charge in [0.1, 0.15) is 27.7 Å². The molecule has 0 amide bonds. The average Bonchev–Trinajstić information content (AvgIpc) is 2.94. The third-order valence-electron chi connectivity index (χ3n) is 5.07. The minimum absolute atomic E-state index is 0.365. The van der Waals surface area contributed by atoms with Gasteiger partial charge in [0, 0.05) is 43.7 Å². The number of thiocarbonyl (C=S) groups is 1. The van der Waals surface area contributed by atoms with Crippen molar-refractivity contribution >= 4 is 44.5 Å². The largest absolute Gasteiger partial charge is 0.490 e. The highest BCUT2D eigenvalue weighted by Gasteiger charge is 2.23. The highest BCUT2D eigenvalue weighted by molar-refractivity contribution is 7.81. The first kappa shape index (κ1) is 22.2.